The van der Waals surface area contributed by atoms with Gasteiger partial charge in [0.1, 0.15) is 33.4 Å². The number of aryl methyl sites for hydroxylation is 1. The molecule has 0 aliphatic heterocycles. The molecule has 1 aliphatic rings. The van der Waals surface area contributed by atoms with E-state index < -0.39 is 5.97 Å². The van der Waals surface area contributed by atoms with Crippen molar-refractivity contribution in [1.82, 2.24) is 9.97 Å². The first-order valence-corrected chi connectivity index (χ1v) is 10.9. The second kappa shape index (κ2) is 9.15. The highest BCUT2D eigenvalue weighted by molar-refractivity contribution is 7.20. The minimum absolute atomic E-state index is 0.00650. The van der Waals surface area contributed by atoms with Crippen LogP contribution in [0.15, 0.2) is 24.5 Å². The second-order valence-electron chi connectivity index (χ2n) is 7.47. The van der Waals surface area contributed by atoms with E-state index in [0.717, 1.165) is 36.6 Å². The molecule has 1 fully saturated rings. The number of carbonyl (C=O) groups is 1. The molecule has 1 aromatic carbocycles. The third kappa shape index (κ3) is 4.47. The van der Waals surface area contributed by atoms with Crippen molar-refractivity contribution in [3.05, 3.63) is 40.8 Å². The first-order chi connectivity index (χ1) is 15.0. The lowest BCUT2D eigenvalue weighted by Crippen LogP contribution is -2.27. The molecule has 0 bridgehead atoms. The molecular weight excluding hydrogens is 421 g/mol. The second-order valence-corrected chi connectivity index (χ2v) is 8.47. The Hall–Kier alpha value is -2.78. The molecule has 1 saturated carbocycles. The fraction of sp³-hybridized carbons (Fsp3) is 0.409. The molecule has 0 saturated heterocycles. The van der Waals surface area contributed by atoms with Gasteiger partial charge in [0, 0.05) is 13.2 Å². The quantitative estimate of drug-likeness (QED) is 0.534. The zero-order valence-corrected chi connectivity index (χ0v) is 18.4. The van der Waals surface area contributed by atoms with Gasteiger partial charge in [0.2, 0.25) is 0 Å². The molecule has 1 aliphatic carbocycles. The Kier molecular flexibility index (Phi) is 6.33. The van der Waals surface area contributed by atoms with Gasteiger partial charge in [-0.15, -0.1) is 11.3 Å². The summed E-state index contributed by atoms with van der Waals surface area (Å²) in [7, 11) is 3.07. The third-order valence-corrected chi connectivity index (χ3v) is 6.72. The van der Waals surface area contributed by atoms with Crippen LogP contribution in [0.5, 0.6) is 5.75 Å². The van der Waals surface area contributed by atoms with Crippen LogP contribution in [0.2, 0.25) is 0 Å². The van der Waals surface area contributed by atoms with Gasteiger partial charge in [-0.1, -0.05) is 0 Å². The van der Waals surface area contributed by atoms with E-state index in [1.54, 1.807) is 13.2 Å². The van der Waals surface area contributed by atoms with Crippen LogP contribution in [0.25, 0.3) is 10.2 Å². The van der Waals surface area contributed by atoms with Gasteiger partial charge >= 0.3 is 5.97 Å². The lowest BCUT2D eigenvalue weighted by Gasteiger charge is -2.28. The molecule has 164 valence electrons. The Morgan fingerprint density at radius 2 is 1.90 bits per heavy atom. The number of halogens is 1. The largest absolute Gasteiger partial charge is 0.488 e. The van der Waals surface area contributed by atoms with E-state index in [2.05, 4.69) is 15.3 Å². The summed E-state index contributed by atoms with van der Waals surface area (Å²) in [5.41, 5.74) is 1.33. The summed E-state index contributed by atoms with van der Waals surface area (Å²) < 4.78 is 30.5. The first kappa shape index (κ1) is 21.5. The molecule has 0 radical (unpaired) electrons. The van der Waals surface area contributed by atoms with Crippen LogP contribution in [0.1, 0.15) is 40.9 Å². The van der Waals surface area contributed by atoms with Gasteiger partial charge < -0.3 is 19.5 Å². The number of anilines is 2. The van der Waals surface area contributed by atoms with Crippen molar-refractivity contribution >= 4 is 39.0 Å². The summed E-state index contributed by atoms with van der Waals surface area (Å²) in [5.74, 6) is 0.157. The van der Waals surface area contributed by atoms with E-state index in [1.165, 1.54) is 36.9 Å². The molecule has 0 unspecified atom stereocenters. The van der Waals surface area contributed by atoms with E-state index in [1.807, 2.05) is 6.92 Å². The fourth-order valence-corrected chi connectivity index (χ4v) is 4.91. The van der Waals surface area contributed by atoms with Gasteiger partial charge in [-0.25, -0.2) is 19.2 Å². The average molecular weight is 446 g/mol. The van der Waals surface area contributed by atoms with Crippen molar-refractivity contribution in [3.63, 3.8) is 0 Å². The SMILES string of the molecule is COC(=O)c1sc2ncnc(Nc3ccc(F)cc3OC3CCC(OC)CC3)c2c1C. The van der Waals surface area contributed by atoms with Gasteiger partial charge in [0.05, 0.1) is 30.4 Å². The molecule has 2 aromatic heterocycles. The molecule has 7 nitrogen and oxygen atoms in total. The number of benzene rings is 1. The van der Waals surface area contributed by atoms with Gasteiger partial charge in [-0.05, 0) is 50.3 Å². The number of nitrogens with one attached hydrogen (secondary N) is 1. The van der Waals surface area contributed by atoms with Gasteiger partial charge in [-0.3, -0.25) is 0 Å². The van der Waals surface area contributed by atoms with Crippen LogP contribution >= 0.6 is 11.3 Å². The van der Waals surface area contributed by atoms with E-state index in [4.69, 9.17) is 14.2 Å². The van der Waals surface area contributed by atoms with Crippen LogP contribution in [-0.2, 0) is 9.47 Å². The van der Waals surface area contributed by atoms with E-state index >= 15 is 0 Å². The molecular formula is C22H24FN3O4S. The van der Waals surface area contributed by atoms with Gasteiger partial charge in [-0.2, -0.15) is 0 Å². The van der Waals surface area contributed by atoms with E-state index in [9.17, 15) is 9.18 Å². The van der Waals surface area contributed by atoms with Crippen LogP contribution in [0, 0.1) is 12.7 Å². The molecule has 3 aromatic rings. The summed E-state index contributed by atoms with van der Waals surface area (Å²) in [6, 6.07) is 4.38. The lowest BCUT2D eigenvalue weighted by atomic mass is 9.95. The van der Waals surface area contributed by atoms with Crippen molar-refractivity contribution < 1.29 is 23.4 Å². The van der Waals surface area contributed by atoms with E-state index in [-0.39, 0.29) is 18.0 Å². The number of carbonyl (C=O) groups excluding carboxylic acids is 1. The molecule has 0 atom stereocenters. The predicted molar refractivity (Wildman–Crippen MR) is 117 cm³/mol. The number of esters is 1. The topological polar surface area (TPSA) is 82.6 Å². The number of hydrogen-bond donors (Lipinski definition) is 1. The lowest BCUT2D eigenvalue weighted by molar-refractivity contribution is 0.0329. The highest BCUT2D eigenvalue weighted by Gasteiger charge is 2.24. The summed E-state index contributed by atoms with van der Waals surface area (Å²) >= 11 is 1.25. The number of fused-ring (bicyclic) bond motifs is 1. The summed E-state index contributed by atoms with van der Waals surface area (Å²) in [4.78, 5) is 21.9. The summed E-state index contributed by atoms with van der Waals surface area (Å²) in [6.07, 6.45) is 5.19. The average Bonchev–Trinajstić information content (AvgIpc) is 3.13. The maximum atomic E-state index is 14.0. The van der Waals surface area contributed by atoms with Gasteiger partial charge in [0.15, 0.2) is 0 Å². The van der Waals surface area contributed by atoms with Crippen molar-refractivity contribution in [2.45, 2.75) is 44.8 Å². The zero-order valence-electron chi connectivity index (χ0n) is 17.6. The number of methoxy groups -OCH3 is 2. The molecule has 0 amide bonds. The number of nitrogens with zero attached hydrogens (tertiary/aromatic N) is 2. The fourth-order valence-electron chi connectivity index (χ4n) is 3.84. The van der Waals surface area contributed by atoms with Crippen molar-refractivity contribution in [1.29, 1.82) is 0 Å². The minimum atomic E-state index is -0.413. The Balaban J connectivity index is 1.63. The molecule has 1 N–H and O–H groups in total. The van der Waals surface area contributed by atoms with Gasteiger partial charge in [0.25, 0.3) is 0 Å². The van der Waals surface area contributed by atoms with Crippen LogP contribution in [0.3, 0.4) is 0 Å². The minimum Gasteiger partial charge on any atom is -0.488 e. The molecule has 0 spiro atoms. The normalized spacial score (nSPS) is 18.7. The van der Waals surface area contributed by atoms with Crippen molar-refractivity contribution in [2.24, 2.45) is 0 Å². The van der Waals surface area contributed by atoms with Crippen LogP contribution < -0.4 is 10.1 Å². The van der Waals surface area contributed by atoms with Crippen LogP contribution in [0.4, 0.5) is 15.9 Å². The summed E-state index contributed by atoms with van der Waals surface area (Å²) in [5, 5.41) is 3.98. The number of aromatic nitrogens is 2. The monoisotopic (exact) mass is 445 g/mol. The summed E-state index contributed by atoms with van der Waals surface area (Å²) in [6.45, 7) is 1.83. The van der Waals surface area contributed by atoms with Crippen molar-refractivity contribution in [2.75, 3.05) is 19.5 Å². The Morgan fingerprint density at radius 1 is 1.16 bits per heavy atom. The maximum absolute atomic E-state index is 14.0. The van der Waals surface area contributed by atoms with Crippen LogP contribution in [-0.4, -0.2) is 42.4 Å². The van der Waals surface area contributed by atoms with E-state index in [0.29, 0.717) is 27.0 Å². The standard InChI is InChI=1S/C22H24FN3O4S/c1-12-18-20(24-11-25-21(18)31-19(12)22(27)29-3)26-16-9-4-13(23)10-17(16)30-15-7-5-14(28-2)6-8-15/h4,9-11,14-15H,5-8H2,1-3H3,(H,24,25,26). The molecule has 9 heteroatoms. The maximum Gasteiger partial charge on any atom is 0.348 e. The number of thiophene rings is 1. The Labute approximate surface area is 183 Å². The Morgan fingerprint density at radius 3 is 2.61 bits per heavy atom. The highest BCUT2D eigenvalue weighted by Crippen LogP contribution is 2.37. The smallest absolute Gasteiger partial charge is 0.348 e. The number of hydrogen-bond acceptors (Lipinski definition) is 8. The molecule has 4 rings (SSSR count). The first-order valence-electron chi connectivity index (χ1n) is 10.1. The third-order valence-electron chi connectivity index (χ3n) is 5.54. The predicted octanol–water partition coefficient (Wildman–Crippen LogP) is 5.01. The number of ether oxygens (including phenoxy) is 3. The zero-order chi connectivity index (χ0) is 22.0. The highest BCUT2D eigenvalue weighted by atomic mass is 32.1. The number of rotatable bonds is 6. The molecule has 31 heavy (non-hydrogen) atoms. The Bertz CT molecular complexity index is 1100. The molecule has 2 heterocycles. The van der Waals surface area contributed by atoms with Crippen molar-refractivity contribution in [3.8, 4) is 5.75 Å².